The van der Waals surface area contributed by atoms with E-state index in [9.17, 15) is 14.0 Å². The maximum atomic E-state index is 14.5. The van der Waals surface area contributed by atoms with Crippen LogP contribution in [0.3, 0.4) is 0 Å². The van der Waals surface area contributed by atoms with Gasteiger partial charge in [-0.2, -0.15) is 0 Å². The topological polar surface area (TPSA) is 89.2 Å². The Kier molecular flexibility index (Phi) is 5.53. The number of amides is 2. The molecule has 2 amide bonds. The molecular formula is C21H18ClFN4O2S. The summed E-state index contributed by atoms with van der Waals surface area (Å²) in [6, 6.07) is 4.63. The summed E-state index contributed by atoms with van der Waals surface area (Å²) in [4.78, 5) is 36.3. The SMILES string of the molecule is Cc1ncsc1C(=O)N(C(C(N)=O)c1cccnc1)[C@@H]1CCc2c(F)cc(Cl)cc21. The number of benzene rings is 1. The molecule has 4 rings (SSSR count). The Bertz CT molecular complexity index is 1120. The van der Waals surface area contributed by atoms with E-state index in [0.29, 0.717) is 40.1 Å². The number of hydrogen-bond acceptors (Lipinski definition) is 5. The quantitative estimate of drug-likeness (QED) is 0.644. The van der Waals surface area contributed by atoms with Crippen LogP contribution in [0.15, 0.2) is 42.2 Å². The summed E-state index contributed by atoms with van der Waals surface area (Å²) in [6.07, 6.45) is 3.94. The van der Waals surface area contributed by atoms with Gasteiger partial charge < -0.3 is 10.6 Å². The molecule has 2 atom stereocenters. The molecule has 1 aromatic carbocycles. The number of nitrogens with two attached hydrogens (primary N) is 1. The van der Waals surface area contributed by atoms with Crippen LogP contribution < -0.4 is 5.73 Å². The fourth-order valence-electron chi connectivity index (χ4n) is 3.97. The maximum Gasteiger partial charge on any atom is 0.267 e. The van der Waals surface area contributed by atoms with Crippen molar-refractivity contribution >= 4 is 34.8 Å². The second-order valence-corrected chi connectivity index (χ2v) is 8.37. The molecule has 0 spiro atoms. The number of rotatable bonds is 5. The van der Waals surface area contributed by atoms with Gasteiger partial charge in [0.25, 0.3) is 5.91 Å². The molecule has 0 fully saturated rings. The number of carbonyl (C=O) groups is 2. The molecular weight excluding hydrogens is 427 g/mol. The predicted molar refractivity (Wildman–Crippen MR) is 112 cm³/mol. The van der Waals surface area contributed by atoms with Crippen molar-refractivity contribution in [3.63, 3.8) is 0 Å². The van der Waals surface area contributed by atoms with E-state index in [-0.39, 0.29) is 10.9 Å². The molecule has 2 heterocycles. The highest BCUT2D eigenvalue weighted by Crippen LogP contribution is 2.43. The molecule has 30 heavy (non-hydrogen) atoms. The average Bonchev–Trinajstić information content (AvgIpc) is 3.32. The van der Waals surface area contributed by atoms with Gasteiger partial charge in [-0.25, -0.2) is 9.37 Å². The molecule has 0 aliphatic heterocycles. The van der Waals surface area contributed by atoms with Crippen LogP contribution in [0, 0.1) is 12.7 Å². The standard InChI is InChI=1S/C21H18ClFN4O2S/c1-11-19(30-10-26-11)21(29)27(18(20(24)28)12-3-2-6-25-9-12)17-5-4-14-15(17)7-13(22)8-16(14)23/h2-3,6-10,17-18H,4-5H2,1H3,(H2,24,28)/t17-,18?/m1/s1. The van der Waals surface area contributed by atoms with Crippen molar-refractivity contribution in [1.29, 1.82) is 0 Å². The molecule has 1 aliphatic rings. The van der Waals surface area contributed by atoms with Gasteiger partial charge >= 0.3 is 0 Å². The third kappa shape index (κ3) is 3.57. The van der Waals surface area contributed by atoms with Gasteiger partial charge in [-0.05, 0) is 49.1 Å². The van der Waals surface area contributed by atoms with E-state index in [1.54, 1.807) is 36.8 Å². The van der Waals surface area contributed by atoms with E-state index in [4.69, 9.17) is 17.3 Å². The largest absolute Gasteiger partial charge is 0.368 e. The van der Waals surface area contributed by atoms with Gasteiger partial charge in [0, 0.05) is 23.0 Å². The summed E-state index contributed by atoms with van der Waals surface area (Å²) in [5, 5.41) is 0.233. The zero-order chi connectivity index (χ0) is 21.4. The first-order chi connectivity index (χ1) is 14.4. The number of primary amides is 1. The molecule has 0 saturated carbocycles. The van der Waals surface area contributed by atoms with E-state index < -0.39 is 23.8 Å². The number of halogens is 2. The lowest BCUT2D eigenvalue weighted by molar-refractivity contribution is -0.123. The Balaban J connectivity index is 1.89. The maximum absolute atomic E-state index is 14.5. The second-order valence-electron chi connectivity index (χ2n) is 7.08. The Labute approximate surface area is 181 Å². The number of thiazole rings is 1. The number of fused-ring (bicyclic) bond motifs is 1. The van der Waals surface area contributed by atoms with Crippen LogP contribution >= 0.6 is 22.9 Å². The van der Waals surface area contributed by atoms with E-state index in [2.05, 4.69) is 9.97 Å². The van der Waals surface area contributed by atoms with E-state index in [1.165, 1.54) is 28.5 Å². The third-order valence-electron chi connectivity index (χ3n) is 5.28. The Morgan fingerprint density at radius 3 is 2.83 bits per heavy atom. The normalized spacial score (nSPS) is 16.2. The van der Waals surface area contributed by atoms with Crippen LogP contribution in [-0.4, -0.2) is 26.7 Å². The monoisotopic (exact) mass is 444 g/mol. The minimum Gasteiger partial charge on any atom is -0.368 e. The zero-order valence-corrected chi connectivity index (χ0v) is 17.6. The number of aromatic nitrogens is 2. The molecule has 0 saturated heterocycles. The van der Waals surface area contributed by atoms with Gasteiger partial charge in [0.05, 0.1) is 17.2 Å². The van der Waals surface area contributed by atoms with Crippen molar-refractivity contribution in [2.24, 2.45) is 5.73 Å². The average molecular weight is 445 g/mol. The molecule has 6 nitrogen and oxygen atoms in total. The summed E-state index contributed by atoms with van der Waals surface area (Å²) in [7, 11) is 0. The van der Waals surface area contributed by atoms with E-state index in [1.807, 2.05) is 0 Å². The molecule has 1 unspecified atom stereocenters. The third-order valence-corrected chi connectivity index (χ3v) is 6.41. The van der Waals surface area contributed by atoms with Gasteiger partial charge in [-0.15, -0.1) is 11.3 Å². The molecule has 0 radical (unpaired) electrons. The lowest BCUT2D eigenvalue weighted by atomic mass is 9.99. The summed E-state index contributed by atoms with van der Waals surface area (Å²) < 4.78 is 14.5. The molecule has 3 aromatic rings. The number of nitrogens with zero attached hydrogens (tertiary/aromatic N) is 3. The van der Waals surface area contributed by atoms with Crippen LogP contribution in [0.1, 0.15) is 50.6 Å². The second kappa shape index (κ2) is 8.12. The molecule has 2 aromatic heterocycles. The van der Waals surface area contributed by atoms with Crippen molar-refractivity contribution in [3.05, 3.63) is 80.3 Å². The Hall–Kier alpha value is -2.84. The molecule has 154 valence electrons. The van der Waals surface area contributed by atoms with Crippen LogP contribution in [0.5, 0.6) is 0 Å². The number of aryl methyl sites for hydroxylation is 1. The minimum absolute atomic E-state index is 0.233. The first-order valence-electron chi connectivity index (χ1n) is 9.28. The highest BCUT2D eigenvalue weighted by molar-refractivity contribution is 7.11. The molecule has 9 heteroatoms. The van der Waals surface area contributed by atoms with Crippen LogP contribution in [-0.2, 0) is 11.2 Å². The van der Waals surface area contributed by atoms with Crippen LogP contribution in [0.2, 0.25) is 5.02 Å². The van der Waals surface area contributed by atoms with Gasteiger partial charge in [-0.1, -0.05) is 17.7 Å². The number of carbonyl (C=O) groups excluding carboxylic acids is 2. The molecule has 0 bridgehead atoms. The fraction of sp³-hybridized carbons (Fsp3) is 0.238. The zero-order valence-electron chi connectivity index (χ0n) is 16.0. The molecule has 1 aliphatic carbocycles. The van der Waals surface area contributed by atoms with Crippen molar-refractivity contribution in [2.45, 2.75) is 31.8 Å². The minimum atomic E-state index is -1.08. The number of pyridine rings is 1. The summed E-state index contributed by atoms with van der Waals surface area (Å²) in [5.41, 5.74) is 9.47. The van der Waals surface area contributed by atoms with Crippen molar-refractivity contribution < 1.29 is 14.0 Å². The Morgan fingerprint density at radius 1 is 1.40 bits per heavy atom. The van der Waals surface area contributed by atoms with Crippen LogP contribution in [0.4, 0.5) is 4.39 Å². The predicted octanol–water partition coefficient (Wildman–Crippen LogP) is 4.00. The summed E-state index contributed by atoms with van der Waals surface area (Å²) in [6.45, 7) is 1.73. The first-order valence-corrected chi connectivity index (χ1v) is 10.5. The first kappa shape index (κ1) is 20.4. The van der Waals surface area contributed by atoms with Gasteiger partial charge in [0.15, 0.2) is 0 Å². The fourth-order valence-corrected chi connectivity index (χ4v) is 4.93. The van der Waals surface area contributed by atoms with Gasteiger partial charge in [0.2, 0.25) is 5.91 Å². The smallest absolute Gasteiger partial charge is 0.267 e. The van der Waals surface area contributed by atoms with Gasteiger partial charge in [-0.3, -0.25) is 14.6 Å². The van der Waals surface area contributed by atoms with Crippen molar-refractivity contribution in [3.8, 4) is 0 Å². The Morgan fingerprint density at radius 2 is 2.20 bits per heavy atom. The summed E-state index contributed by atoms with van der Waals surface area (Å²) >= 11 is 7.30. The lowest BCUT2D eigenvalue weighted by Crippen LogP contribution is -2.43. The van der Waals surface area contributed by atoms with E-state index in [0.717, 1.165) is 0 Å². The number of hydrogen-bond donors (Lipinski definition) is 1. The van der Waals surface area contributed by atoms with Crippen molar-refractivity contribution in [2.75, 3.05) is 0 Å². The molecule has 2 N–H and O–H groups in total. The highest BCUT2D eigenvalue weighted by Gasteiger charge is 2.41. The highest BCUT2D eigenvalue weighted by atomic mass is 35.5. The summed E-state index contributed by atoms with van der Waals surface area (Å²) in [5.74, 6) is -1.51. The van der Waals surface area contributed by atoms with Crippen molar-refractivity contribution in [1.82, 2.24) is 14.9 Å². The lowest BCUT2D eigenvalue weighted by Gasteiger charge is -2.35. The van der Waals surface area contributed by atoms with E-state index >= 15 is 0 Å². The van der Waals surface area contributed by atoms with Gasteiger partial charge in [0.1, 0.15) is 16.7 Å². The van der Waals surface area contributed by atoms with Crippen LogP contribution in [0.25, 0.3) is 0 Å².